The summed E-state index contributed by atoms with van der Waals surface area (Å²) in [5.41, 5.74) is 0. The molecule has 0 aromatic carbocycles. The first-order valence-electron chi connectivity index (χ1n) is 5.81. The third-order valence-electron chi connectivity index (χ3n) is 2.34. The zero-order valence-corrected chi connectivity index (χ0v) is 13.2. The van der Waals surface area contributed by atoms with Crippen molar-refractivity contribution in [2.75, 3.05) is 5.75 Å². The minimum Gasteiger partial charge on any atom is -0.285 e. The molecule has 0 aliphatic rings. The van der Waals surface area contributed by atoms with Gasteiger partial charge in [0.05, 0.1) is 0 Å². The summed E-state index contributed by atoms with van der Waals surface area (Å²) in [6.45, 7) is 0. The van der Waals surface area contributed by atoms with Crippen LogP contribution in [0.4, 0.5) is 65.9 Å². The third kappa shape index (κ3) is 5.90. The smallest absolute Gasteiger partial charge is 0.285 e. The molecule has 0 saturated heterocycles. The van der Waals surface area contributed by atoms with Crippen molar-refractivity contribution in [3.63, 3.8) is 0 Å². The molecule has 176 valence electrons. The predicted octanol–water partition coefficient (Wildman–Crippen LogP) is 4.11. The van der Waals surface area contributed by atoms with E-state index in [2.05, 4.69) is 0 Å². The van der Waals surface area contributed by atoms with E-state index in [0.717, 1.165) is 0 Å². The van der Waals surface area contributed by atoms with E-state index in [1.54, 1.807) is 0 Å². The molecule has 21 heteroatoms. The Morgan fingerprint density at radius 3 is 1.24 bits per heavy atom. The highest BCUT2D eigenvalue weighted by Gasteiger charge is 2.85. The number of hydrogen-bond acceptors (Lipinski definition) is 4. The Morgan fingerprint density at radius 2 is 0.931 bits per heavy atom. The molecule has 0 spiro atoms. The van der Waals surface area contributed by atoms with Gasteiger partial charge in [0, 0.05) is 0 Å². The van der Waals surface area contributed by atoms with Crippen molar-refractivity contribution in [1.29, 1.82) is 0 Å². The summed E-state index contributed by atoms with van der Waals surface area (Å²) >= 11 is 0. The van der Waals surface area contributed by atoms with Crippen molar-refractivity contribution in [3.05, 3.63) is 0 Å². The first-order valence-corrected chi connectivity index (χ1v) is 7.42. The van der Waals surface area contributed by atoms with Gasteiger partial charge < -0.3 is 0 Å². The lowest BCUT2D eigenvalue weighted by Crippen LogP contribution is -2.64. The molecule has 0 radical (unpaired) electrons. The number of alkyl halides is 15. The Morgan fingerprint density at radius 1 is 0.586 bits per heavy atom. The fraction of sp³-hybridized carbons (Fsp3) is 1.00. The molecule has 0 amide bonds. The maximum absolute atomic E-state index is 12.9. The van der Waals surface area contributed by atoms with Gasteiger partial charge in [-0.15, -0.1) is 0 Å². The van der Waals surface area contributed by atoms with Crippen LogP contribution in [0.15, 0.2) is 0 Å². The van der Waals surface area contributed by atoms with Crippen molar-refractivity contribution in [2.24, 2.45) is 0 Å². The molecule has 0 atom stereocenters. The molecule has 0 heterocycles. The number of halogens is 15. The molecule has 0 aromatic heterocycles. The zero-order chi connectivity index (χ0) is 24.1. The highest BCUT2D eigenvalue weighted by molar-refractivity contribution is 7.85. The van der Waals surface area contributed by atoms with Crippen LogP contribution >= 0.6 is 0 Å². The second kappa shape index (κ2) is 7.18. The van der Waals surface area contributed by atoms with Crippen molar-refractivity contribution in [3.8, 4) is 0 Å². The van der Waals surface area contributed by atoms with E-state index in [1.807, 2.05) is 4.74 Å². The van der Waals surface area contributed by atoms with Gasteiger partial charge in [0.25, 0.3) is 10.1 Å². The largest absolute Gasteiger partial charge is 0.460 e. The quantitative estimate of drug-likeness (QED) is 0.385. The summed E-state index contributed by atoms with van der Waals surface area (Å²) in [5.74, 6) is -19.1. The Hall–Kier alpha value is -1.22. The predicted molar refractivity (Wildman–Crippen MR) is 54.3 cm³/mol. The highest BCUT2D eigenvalue weighted by atomic mass is 32.2. The van der Waals surface area contributed by atoms with E-state index in [4.69, 9.17) is 4.55 Å². The zero-order valence-electron chi connectivity index (χ0n) is 12.4. The van der Waals surface area contributed by atoms with Crippen LogP contribution in [0.25, 0.3) is 0 Å². The fourth-order valence-corrected chi connectivity index (χ4v) is 1.62. The van der Waals surface area contributed by atoms with Crippen LogP contribution in [0.3, 0.4) is 0 Å². The molecule has 0 aliphatic heterocycles. The minimum atomic E-state index is -7.99. The Balaban J connectivity index is 5.92. The molecular weight excluding hydrogens is 493 g/mol. The summed E-state index contributed by atoms with van der Waals surface area (Å²) in [5, 5.41) is 0. The summed E-state index contributed by atoms with van der Waals surface area (Å²) in [6.07, 6.45) is -36.1. The van der Waals surface area contributed by atoms with Crippen LogP contribution in [0, 0.1) is 0 Å². The van der Waals surface area contributed by atoms with Crippen molar-refractivity contribution < 1.29 is 88.3 Å². The van der Waals surface area contributed by atoms with E-state index in [9.17, 15) is 74.3 Å². The van der Waals surface area contributed by atoms with Crippen molar-refractivity contribution >= 4 is 10.1 Å². The van der Waals surface area contributed by atoms with E-state index in [0.29, 0.717) is 0 Å². The van der Waals surface area contributed by atoms with Gasteiger partial charge in [0.1, 0.15) is 0 Å². The standard InChI is InChI=1S/C8H3F15O5S/c9-2(10,1-29(24,25)26)27-7(20,21)8(22,23)28-6(18,19)4(13,14)3(11,12)5(15,16)17/h1H2,(H,24,25,26). The monoisotopic (exact) mass is 496 g/mol. The van der Waals surface area contributed by atoms with E-state index < -0.39 is 58.3 Å². The number of ether oxygens (including phenoxy) is 2. The second-order valence-electron chi connectivity index (χ2n) is 4.76. The molecule has 0 fully saturated rings. The topological polar surface area (TPSA) is 72.8 Å². The van der Waals surface area contributed by atoms with E-state index in [1.165, 1.54) is 4.74 Å². The van der Waals surface area contributed by atoms with Gasteiger partial charge in [0.2, 0.25) is 0 Å². The Kier molecular flexibility index (Phi) is 6.88. The second-order valence-corrected chi connectivity index (χ2v) is 6.22. The van der Waals surface area contributed by atoms with Crippen LogP contribution in [0.5, 0.6) is 0 Å². The first kappa shape index (κ1) is 27.8. The molecule has 29 heavy (non-hydrogen) atoms. The molecule has 0 aromatic rings. The maximum Gasteiger partial charge on any atom is 0.460 e. The highest BCUT2D eigenvalue weighted by Crippen LogP contribution is 2.55. The SMILES string of the molecule is O=S(=O)(O)CC(F)(F)OC(F)(F)C(F)(F)OC(F)(F)C(F)(F)C(F)(F)C(F)(F)F. The van der Waals surface area contributed by atoms with Gasteiger partial charge in [-0.1, -0.05) is 0 Å². The molecule has 0 saturated carbocycles. The summed E-state index contributed by atoms with van der Waals surface area (Å²) in [7, 11) is -5.98. The van der Waals surface area contributed by atoms with Gasteiger partial charge in [-0.25, -0.2) is 9.47 Å². The Labute approximate surface area is 148 Å². The Bertz CT molecular complexity index is 696. The van der Waals surface area contributed by atoms with Crippen molar-refractivity contribution in [2.45, 2.75) is 42.5 Å². The van der Waals surface area contributed by atoms with Gasteiger partial charge in [-0.05, 0) is 0 Å². The maximum atomic E-state index is 12.9. The summed E-state index contributed by atoms with van der Waals surface area (Å²) in [4.78, 5) is 0. The average molecular weight is 496 g/mol. The van der Waals surface area contributed by atoms with Crippen LogP contribution in [-0.4, -0.2) is 61.2 Å². The lowest BCUT2D eigenvalue weighted by molar-refractivity contribution is -0.540. The van der Waals surface area contributed by atoms with E-state index in [-0.39, 0.29) is 0 Å². The van der Waals surface area contributed by atoms with Crippen molar-refractivity contribution in [1.82, 2.24) is 0 Å². The van der Waals surface area contributed by atoms with Gasteiger partial charge in [-0.2, -0.15) is 74.3 Å². The van der Waals surface area contributed by atoms with E-state index >= 15 is 0 Å². The molecule has 0 bridgehead atoms. The molecule has 1 N–H and O–H groups in total. The normalized spacial score (nSPS) is 16.3. The molecule has 5 nitrogen and oxygen atoms in total. The summed E-state index contributed by atoms with van der Waals surface area (Å²) in [6, 6.07) is 0. The van der Waals surface area contributed by atoms with Crippen LogP contribution in [0.1, 0.15) is 0 Å². The third-order valence-corrected chi connectivity index (χ3v) is 3.04. The molecule has 0 unspecified atom stereocenters. The fourth-order valence-electron chi connectivity index (χ4n) is 1.13. The van der Waals surface area contributed by atoms with Gasteiger partial charge >= 0.3 is 42.5 Å². The van der Waals surface area contributed by atoms with Crippen LogP contribution < -0.4 is 0 Å². The molecule has 0 rings (SSSR count). The first-order chi connectivity index (χ1) is 12.1. The van der Waals surface area contributed by atoms with Crippen LogP contribution in [0.2, 0.25) is 0 Å². The molecule has 0 aliphatic carbocycles. The van der Waals surface area contributed by atoms with Crippen LogP contribution in [-0.2, 0) is 19.6 Å². The van der Waals surface area contributed by atoms with Gasteiger partial charge in [-0.3, -0.25) is 4.55 Å². The number of hydrogen-bond donors (Lipinski definition) is 1. The lowest BCUT2D eigenvalue weighted by atomic mass is 10.1. The number of rotatable bonds is 9. The minimum absolute atomic E-state index is 1.30. The average Bonchev–Trinajstić information content (AvgIpc) is 2.30. The van der Waals surface area contributed by atoms with Gasteiger partial charge in [0.15, 0.2) is 5.75 Å². The molecular formula is C8H3F15O5S. The lowest BCUT2D eigenvalue weighted by Gasteiger charge is -2.36. The summed E-state index contributed by atoms with van der Waals surface area (Å²) < 4.78 is 219.